The molecule has 1 saturated carbocycles. The molecular formula is C30H37FN4O2S. The number of amides is 2. The van der Waals surface area contributed by atoms with E-state index in [9.17, 15) is 14.0 Å². The number of rotatable bonds is 6. The minimum atomic E-state index is -0.607. The number of nitrogens with two attached hydrogens (primary N) is 1. The van der Waals surface area contributed by atoms with Crippen molar-refractivity contribution < 1.29 is 14.0 Å². The van der Waals surface area contributed by atoms with Gasteiger partial charge >= 0.3 is 0 Å². The molecule has 8 heteroatoms. The van der Waals surface area contributed by atoms with E-state index in [1.165, 1.54) is 17.8 Å². The van der Waals surface area contributed by atoms with E-state index < -0.39 is 10.2 Å². The monoisotopic (exact) mass is 536 g/mol. The Balaban J connectivity index is 1.16. The van der Waals surface area contributed by atoms with Crippen molar-refractivity contribution in [3.63, 3.8) is 0 Å². The minimum Gasteiger partial charge on any atom is -0.369 e. The Hall–Kier alpha value is -2.71. The molecule has 0 spiro atoms. The van der Waals surface area contributed by atoms with E-state index in [2.05, 4.69) is 15.2 Å². The van der Waals surface area contributed by atoms with Crippen LogP contribution < -0.4 is 11.1 Å². The van der Waals surface area contributed by atoms with Gasteiger partial charge in [-0.25, -0.2) is 4.39 Å². The molecule has 3 N–H and O–H groups in total. The molecule has 2 heterocycles. The normalized spacial score (nSPS) is 29.6. The molecule has 1 saturated heterocycles. The summed E-state index contributed by atoms with van der Waals surface area (Å²) in [6, 6.07) is 16.8. The van der Waals surface area contributed by atoms with E-state index in [1.807, 2.05) is 50.2 Å². The van der Waals surface area contributed by atoms with Gasteiger partial charge in [0, 0.05) is 11.6 Å². The number of aliphatic imine (C=N–C) groups is 1. The van der Waals surface area contributed by atoms with Gasteiger partial charge in [-0.1, -0.05) is 60.3 Å². The summed E-state index contributed by atoms with van der Waals surface area (Å²) >= 11 is 1.49. The van der Waals surface area contributed by atoms with Crippen molar-refractivity contribution in [1.29, 1.82) is 0 Å². The fourth-order valence-corrected chi connectivity index (χ4v) is 7.89. The number of hydrogen-bond donors (Lipinski definition) is 2. The molecule has 2 aliphatic heterocycles. The van der Waals surface area contributed by atoms with E-state index in [0.29, 0.717) is 16.8 Å². The molecular weight excluding hydrogens is 499 g/mol. The van der Waals surface area contributed by atoms with Gasteiger partial charge in [-0.05, 0) is 83.0 Å². The molecule has 1 aliphatic carbocycles. The molecule has 0 radical (unpaired) electrons. The van der Waals surface area contributed by atoms with Gasteiger partial charge in [0.15, 0.2) is 5.17 Å². The van der Waals surface area contributed by atoms with Crippen LogP contribution in [0.1, 0.15) is 69.5 Å². The number of halogens is 1. The Kier molecular flexibility index (Phi) is 7.65. The Labute approximate surface area is 228 Å². The number of benzene rings is 2. The summed E-state index contributed by atoms with van der Waals surface area (Å²) in [5.74, 6) is -0.368. The van der Waals surface area contributed by atoms with Gasteiger partial charge in [0.25, 0.3) is 5.91 Å². The van der Waals surface area contributed by atoms with Gasteiger partial charge in [-0.3, -0.25) is 9.59 Å². The third kappa shape index (κ3) is 5.00. The molecule has 2 amide bonds. The van der Waals surface area contributed by atoms with Gasteiger partial charge in [-0.15, -0.1) is 0 Å². The van der Waals surface area contributed by atoms with Crippen molar-refractivity contribution in [1.82, 2.24) is 10.2 Å². The number of amidine groups is 1. The lowest BCUT2D eigenvalue weighted by Crippen LogP contribution is -2.51. The maximum Gasteiger partial charge on any atom is 0.264 e. The molecule has 202 valence electrons. The summed E-state index contributed by atoms with van der Waals surface area (Å²) in [6.07, 6.45) is 5.28. The van der Waals surface area contributed by atoms with Crippen LogP contribution in [0.2, 0.25) is 0 Å². The van der Waals surface area contributed by atoms with Crippen LogP contribution in [0.4, 0.5) is 4.39 Å². The molecule has 0 aromatic heterocycles. The number of likely N-dealkylation sites (tertiary alicyclic amines) is 1. The van der Waals surface area contributed by atoms with Crippen LogP contribution >= 0.6 is 11.8 Å². The number of hydrogen-bond acceptors (Lipinski definition) is 5. The second kappa shape index (κ2) is 10.8. The third-order valence-corrected chi connectivity index (χ3v) is 10.4. The van der Waals surface area contributed by atoms with Gasteiger partial charge in [0.1, 0.15) is 10.6 Å². The summed E-state index contributed by atoms with van der Waals surface area (Å²) in [7, 11) is 0. The van der Waals surface area contributed by atoms with Crippen molar-refractivity contribution in [2.75, 3.05) is 13.1 Å². The summed E-state index contributed by atoms with van der Waals surface area (Å²) < 4.78 is 13.6. The highest BCUT2D eigenvalue weighted by Gasteiger charge is 2.49. The zero-order valence-electron chi connectivity index (χ0n) is 22.2. The van der Waals surface area contributed by atoms with Crippen LogP contribution in [0.25, 0.3) is 0 Å². The standard InChI is InChI=1S/C30H37FN4O2S/c1-20(24-10-6-7-11-25(24)31)33-28-34-27(37)29(2,38-28)21-14-18-35(19-15-21)23-12-16-30(17-13-23,26(32)36)22-8-4-3-5-9-22/h3-11,20-21,23H,12-19H2,1-2H3,(H2,32,36)(H,33,34,37). The Bertz CT molecular complexity index is 1210. The van der Waals surface area contributed by atoms with Crippen LogP contribution in [-0.4, -0.2) is 45.8 Å². The molecule has 38 heavy (non-hydrogen) atoms. The van der Waals surface area contributed by atoms with Crippen LogP contribution in [-0.2, 0) is 15.0 Å². The van der Waals surface area contributed by atoms with E-state index in [1.54, 1.807) is 12.1 Å². The van der Waals surface area contributed by atoms with E-state index in [0.717, 1.165) is 57.2 Å². The second-order valence-corrected chi connectivity index (χ2v) is 12.6. The molecule has 2 aromatic carbocycles. The number of primary amides is 1. The topological polar surface area (TPSA) is 87.8 Å². The van der Waals surface area contributed by atoms with E-state index >= 15 is 0 Å². The Morgan fingerprint density at radius 1 is 1.08 bits per heavy atom. The highest BCUT2D eigenvalue weighted by Crippen LogP contribution is 2.46. The maximum absolute atomic E-state index is 14.2. The number of carbonyl (C=O) groups is 2. The van der Waals surface area contributed by atoms with E-state index in [-0.39, 0.29) is 29.6 Å². The fraction of sp³-hybridized carbons (Fsp3) is 0.500. The molecule has 3 aliphatic rings. The van der Waals surface area contributed by atoms with Crippen molar-refractivity contribution >= 4 is 28.7 Å². The average Bonchev–Trinajstić information content (AvgIpc) is 3.22. The predicted molar refractivity (Wildman–Crippen MR) is 150 cm³/mol. The maximum atomic E-state index is 14.2. The first-order chi connectivity index (χ1) is 18.2. The van der Waals surface area contributed by atoms with Crippen molar-refractivity contribution in [2.24, 2.45) is 16.6 Å². The molecule has 2 atom stereocenters. The summed E-state index contributed by atoms with van der Waals surface area (Å²) in [4.78, 5) is 32.5. The van der Waals surface area contributed by atoms with Crippen LogP contribution in [0.15, 0.2) is 59.6 Å². The van der Waals surface area contributed by atoms with Crippen LogP contribution in [0.3, 0.4) is 0 Å². The van der Waals surface area contributed by atoms with Gasteiger partial charge in [0.2, 0.25) is 5.91 Å². The second-order valence-electron chi connectivity index (χ2n) is 11.2. The highest BCUT2D eigenvalue weighted by molar-refractivity contribution is 8.16. The SMILES string of the molecule is CC(NC1=NC(=O)C(C)(C2CCN(C3CCC(C(N)=O)(c4ccccc4)CC3)CC2)S1)c1ccccc1F. The van der Waals surface area contributed by atoms with E-state index in [4.69, 9.17) is 5.73 Å². The van der Waals surface area contributed by atoms with Gasteiger partial charge in [-0.2, -0.15) is 4.99 Å². The smallest absolute Gasteiger partial charge is 0.264 e. The first-order valence-electron chi connectivity index (χ1n) is 13.7. The third-order valence-electron chi connectivity index (χ3n) is 9.08. The lowest BCUT2D eigenvalue weighted by molar-refractivity contribution is -0.125. The number of thioether (sulfide) groups is 1. The average molecular weight is 537 g/mol. The fourth-order valence-electron chi connectivity index (χ4n) is 6.59. The van der Waals surface area contributed by atoms with Crippen molar-refractivity contribution in [2.45, 2.75) is 74.6 Å². The summed E-state index contributed by atoms with van der Waals surface area (Å²) in [5, 5.41) is 3.83. The lowest BCUT2D eigenvalue weighted by Gasteiger charge is -2.45. The number of nitrogens with one attached hydrogen (secondary N) is 1. The Morgan fingerprint density at radius 3 is 2.34 bits per heavy atom. The molecule has 6 nitrogen and oxygen atoms in total. The van der Waals surface area contributed by atoms with Gasteiger partial charge in [0.05, 0.1) is 11.5 Å². The first-order valence-corrected chi connectivity index (χ1v) is 14.5. The molecule has 2 fully saturated rings. The predicted octanol–water partition coefficient (Wildman–Crippen LogP) is 4.94. The zero-order chi connectivity index (χ0) is 26.9. The number of carbonyl (C=O) groups excluding carboxylic acids is 2. The Morgan fingerprint density at radius 2 is 1.71 bits per heavy atom. The van der Waals surface area contributed by atoms with Crippen LogP contribution in [0.5, 0.6) is 0 Å². The largest absolute Gasteiger partial charge is 0.369 e. The molecule has 0 bridgehead atoms. The van der Waals surface area contributed by atoms with Gasteiger partial charge < -0.3 is 16.0 Å². The first kappa shape index (κ1) is 26.9. The molecule has 5 rings (SSSR count). The molecule has 2 aromatic rings. The quantitative estimate of drug-likeness (QED) is 0.546. The van der Waals surface area contributed by atoms with Crippen molar-refractivity contribution in [3.8, 4) is 0 Å². The summed E-state index contributed by atoms with van der Waals surface area (Å²) in [6.45, 7) is 5.76. The minimum absolute atomic E-state index is 0.101. The van der Waals surface area contributed by atoms with Crippen LogP contribution in [0, 0.1) is 11.7 Å². The van der Waals surface area contributed by atoms with Crippen molar-refractivity contribution in [3.05, 3.63) is 71.5 Å². The summed E-state index contributed by atoms with van der Waals surface area (Å²) in [5.41, 5.74) is 6.95. The number of piperidine rings is 1. The lowest BCUT2D eigenvalue weighted by atomic mass is 9.67. The zero-order valence-corrected chi connectivity index (χ0v) is 23.0. The number of nitrogens with zero attached hydrogens (tertiary/aromatic N) is 2. The highest BCUT2D eigenvalue weighted by atomic mass is 32.2. The molecule has 2 unspecified atom stereocenters.